The van der Waals surface area contributed by atoms with E-state index in [2.05, 4.69) is 11.4 Å². The second-order valence-electron chi connectivity index (χ2n) is 5.66. The summed E-state index contributed by atoms with van der Waals surface area (Å²) in [6.45, 7) is 1.74. The molecule has 0 saturated carbocycles. The molecule has 1 aliphatic heterocycles. The number of hydrogen-bond donors (Lipinski definition) is 1. The van der Waals surface area contributed by atoms with Crippen LogP contribution in [0.2, 0.25) is 0 Å². The van der Waals surface area contributed by atoms with Crippen LogP contribution in [0.4, 0.5) is 5.69 Å². The van der Waals surface area contributed by atoms with Crippen molar-refractivity contribution in [2.24, 2.45) is 5.92 Å². The van der Waals surface area contributed by atoms with E-state index in [0.29, 0.717) is 23.6 Å². The predicted octanol–water partition coefficient (Wildman–Crippen LogP) is 2.64. The average molecular weight is 317 g/mol. The van der Waals surface area contributed by atoms with E-state index in [0.717, 1.165) is 12.8 Å². The Labute approximate surface area is 134 Å². The Morgan fingerprint density at radius 2 is 2.17 bits per heavy atom. The number of rotatable bonds is 5. The Morgan fingerprint density at radius 1 is 1.35 bits per heavy atom. The summed E-state index contributed by atoms with van der Waals surface area (Å²) in [6, 6.07) is 5.11. The van der Waals surface area contributed by atoms with E-state index >= 15 is 0 Å². The van der Waals surface area contributed by atoms with Crippen LogP contribution in [-0.2, 0) is 14.3 Å². The molecule has 0 fully saturated rings. The van der Waals surface area contributed by atoms with E-state index in [9.17, 15) is 9.59 Å². The number of anilines is 1. The lowest BCUT2D eigenvalue weighted by Crippen LogP contribution is -2.30. The number of esters is 1. The lowest BCUT2D eigenvalue weighted by atomic mass is 10.1. The predicted molar refractivity (Wildman–Crippen MR) is 83.2 cm³/mol. The maximum atomic E-state index is 12.1. The highest BCUT2D eigenvalue weighted by atomic mass is 16.7. The third-order valence-electron chi connectivity index (χ3n) is 3.86. The van der Waals surface area contributed by atoms with Crippen LogP contribution in [0, 0.1) is 5.92 Å². The van der Waals surface area contributed by atoms with Crippen LogP contribution < -0.4 is 14.8 Å². The van der Waals surface area contributed by atoms with Gasteiger partial charge in [-0.15, -0.1) is 0 Å². The first-order valence-corrected chi connectivity index (χ1v) is 7.68. The Kier molecular flexibility index (Phi) is 4.50. The molecule has 1 amide bonds. The van der Waals surface area contributed by atoms with Crippen molar-refractivity contribution in [3.63, 3.8) is 0 Å². The fourth-order valence-corrected chi connectivity index (χ4v) is 2.60. The fourth-order valence-electron chi connectivity index (χ4n) is 2.60. The molecule has 1 aromatic rings. The average Bonchev–Trinajstić information content (AvgIpc) is 3.17. The number of allylic oxidation sites excluding steroid dienone is 2. The van der Waals surface area contributed by atoms with Gasteiger partial charge in [0.15, 0.2) is 17.6 Å². The molecule has 0 aromatic heterocycles. The van der Waals surface area contributed by atoms with Gasteiger partial charge in [0.05, 0.1) is 6.42 Å². The van der Waals surface area contributed by atoms with Crippen LogP contribution in [0.25, 0.3) is 0 Å². The minimum atomic E-state index is -0.849. The summed E-state index contributed by atoms with van der Waals surface area (Å²) in [6.07, 6.45) is 5.52. The van der Waals surface area contributed by atoms with Gasteiger partial charge in [0.2, 0.25) is 6.79 Å². The van der Waals surface area contributed by atoms with E-state index in [4.69, 9.17) is 14.2 Å². The van der Waals surface area contributed by atoms with Gasteiger partial charge in [0.1, 0.15) is 0 Å². The van der Waals surface area contributed by atoms with Crippen LogP contribution in [0.3, 0.4) is 0 Å². The van der Waals surface area contributed by atoms with Crippen LogP contribution in [0.1, 0.15) is 26.2 Å². The Balaban J connectivity index is 1.51. The van der Waals surface area contributed by atoms with Gasteiger partial charge >= 0.3 is 5.97 Å². The first-order valence-electron chi connectivity index (χ1n) is 7.68. The summed E-state index contributed by atoms with van der Waals surface area (Å²) in [7, 11) is 0. The van der Waals surface area contributed by atoms with Crippen LogP contribution in [0.5, 0.6) is 11.5 Å². The maximum Gasteiger partial charge on any atom is 0.307 e. The van der Waals surface area contributed by atoms with Crippen molar-refractivity contribution in [3.8, 4) is 11.5 Å². The number of ether oxygens (including phenoxy) is 3. The number of fused-ring (bicyclic) bond motifs is 1. The molecule has 0 spiro atoms. The van der Waals surface area contributed by atoms with E-state index in [-0.39, 0.29) is 24.6 Å². The monoisotopic (exact) mass is 317 g/mol. The van der Waals surface area contributed by atoms with Crippen LogP contribution >= 0.6 is 0 Å². The number of hydrogen-bond acceptors (Lipinski definition) is 5. The maximum absolute atomic E-state index is 12.1. The second-order valence-corrected chi connectivity index (χ2v) is 5.66. The number of carbonyl (C=O) groups excluding carboxylic acids is 2. The topological polar surface area (TPSA) is 73.9 Å². The molecule has 2 aliphatic rings. The molecule has 6 nitrogen and oxygen atoms in total. The Bertz CT molecular complexity index is 640. The van der Waals surface area contributed by atoms with Gasteiger partial charge in [-0.3, -0.25) is 9.59 Å². The molecule has 1 aromatic carbocycles. The van der Waals surface area contributed by atoms with E-state index in [1.54, 1.807) is 25.1 Å². The van der Waals surface area contributed by atoms with Gasteiger partial charge in [0.25, 0.3) is 5.91 Å². The fraction of sp³-hybridized carbons (Fsp3) is 0.412. The van der Waals surface area contributed by atoms with Crippen molar-refractivity contribution in [2.45, 2.75) is 32.3 Å². The van der Waals surface area contributed by atoms with Gasteiger partial charge in [-0.1, -0.05) is 12.2 Å². The summed E-state index contributed by atoms with van der Waals surface area (Å²) in [5, 5.41) is 2.70. The normalized spacial score (nSPS) is 19.4. The molecule has 23 heavy (non-hydrogen) atoms. The van der Waals surface area contributed by atoms with Crippen molar-refractivity contribution >= 4 is 17.6 Å². The molecule has 3 rings (SSSR count). The molecule has 1 N–H and O–H groups in total. The second kappa shape index (κ2) is 6.73. The Morgan fingerprint density at radius 3 is 2.96 bits per heavy atom. The summed E-state index contributed by atoms with van der Waals surface area (Å²) in [4.78, 5) is 24.0. The van der Waals surface area contributed by atoms with Gasteiger partial charge in [-0.05, 0) is 37.8 Å². The molecule has 2 atom stereocenters. The lowest BCUT2D eigenvalue weighted by Gasteiger charge is -2.15. The largest absolute Gasteiger partial charge is 0.454 e. The summed E-state index contributed by atoms with van der Waals surface area (Å²) in [5.41, 5.74) is 0.570. The minimum Gasteiger partial charge on any atom is -0.454 e. The minimum absolute atomic E-state index is 0.177. The quantitative estimate of drug-likeness (QED) is 0.667. The molecule has 122 valence electrons. The van der Waals surface area contributed by atoms with Crippen molar-refractivity contribution in [3.05, 3.63) is 30.4 Å². The van der Waals surface area contributed by atoms with Gasteiger partial charge in [-0.25, -0.2) is 0 Å². The highest BCUT2D eigenvalue weighted by Gasteiger charge is 2.22. The van der Waals surface area contributed by atoms with E-state index in [1.807, 2.05) is 6.08 Å². The lowest BCUT2D eigenvalue weighted by molar-refractivity contribution is -0.153. The van der Waals surface area contributed by atoms with Crippen molar-refractivity contribution < 1.29 is 23.8 Å². The molecular weight excluding hydrogens is 298 g/mol. The molecule has 0 unspecified atom stereocenters. The molecule has 6 heteroatoms. The first-order chi connectivity index (χ1) is 11.1. The van der Waals surface area contributed by atoms with E-state index in [1.165, 1.54) is 0 Å². The number of carbonyl (C=O) groups is 2. The zero-order valence-electron chi connectivity index (χ0n) is 12.9. The smallest absolute Gasteiger partial charge is 0.307 e. The van der Waals surface area contributed by atoms with Crippen molar-refractivity contribution in [1.29, 1.82) is 0 Å². The highest BCUT2D eigenvalue weighted by molar-refractivity contribution is 5.95. The Hall–Kier alpha value is -2.50. The number of benzene rings is 1. The van der Waals surface area contributed by atoms with Crippen molar-refractivity contribution in [1.82, 2.24) is 0 Å². The van der Waals surface area contributed by atoms with Crippen LogP contribution in [0.15, 0.2) is 30.4 Å². The molecule has 1 heterocycles. The molecule has 0 saturated heterocycles. The number of nitrogens with one attached hydrogen (secondary N) is 1. The zero-order chi connectivity index (χ0) is 16.2. The molecule has 1 aliphatic carbocycles. The van der Waals surface area contributed by atoms with E-state index < -0.39 is 6.10 Å². The molecule has 0 radical (unpaired) electrons. The third kappa shape index (κ3) is 3.83. The summed E-state index contributed by atoms with van der Waals surface area (Å²) < 4.78 is 15.7. The standard InChI is InChI=1S/C17H19NO5/c1-11(23-16(19)8-12-4-2-3-5-12)17(20)18-13-6-7-14-15(9-13)22-10-21-14/h2,4,6-7,9,11-12H,3,5,8,10H2,1H3,(H,18,20)/t11-,12-/m1/s1. The summed E-state index contributed by atoms with van der Waals surface area (Å²) in [5.74, 6) is 0.730. The van der Waals surface area contributed by atoms with Gasteiger partial charge in [-0.2, -0.15) is 0 Å². The summed E-state index contributed by atoms with van der Waals surface area (Å²) >= 11 is 0. The molecular formula is C17H19NO5. The zero-order valence-corrected chi connectivity index (χ0v) is 12.9. The van der Waals surface area contributed by atoms with Gasteiger partial charge < -0.3 is 19.5 Å². The third-order valence-corrected chi connectivity index (χ3v) is 3.86. The van der Waals surface area contributed by atoms with Gasteiger partial charge in [0, 0.05) is 11.8 Å². The van der Waals surface area contributed by atoms with Crippen molar-refractivity contribution in [2.75, 3.05) is 12.1 Å². The van der Waals surface area contributed by atoms with Crippen LogP contribution in [-0.4, -0.2) is 24.8 Å². The SMILES string of the molecule is C[C@@H](OC(=O)C[C@@H]1C=CCC1)C(=O)Nc1ccc2c(c1)OCO2. The number of amides is 1. The highest BCUT2D eigenvalue weighted by Crippen LogP contribution is 2.34. The first kappa shape index (κ1) is 15.4. The molecule has 0 bridgehead atoms.